The van der Waals surface area contributed by atoms with E-state index in [0.717, 1.165) is 5.69 Å². The van der Waals surface area contributed by atoms with Gasteiger partial charge >= 0.3 is 5.97 Å². The van der Waals surface area contributed by atoms with Crippen molar-refractivity contribution in [1.82, 2.24) is 9.78 Å². The Morgan fingerprint density at radius 1 is 1.50 bits per heavy atom. The van der Waals surface area contributed by atoms with Gasteiger partial charge in [0.25, 0.3) is 0 Å². The lowest BCUT2D eigenvalue weighted by Crippen LogP contribution is -2.07. The summed E-state index contributed by atoms with van der Waals surface area (Å²) in [5.74, 6) is -0.427. The molecule has 18 heavy (non-hydrogen) atoms. The van der Waals surface area contributed by atoms with E-state index in [9.17, 15) is 9.90 Å². The highest BCUT2D eigenvalue weighted by Crippen LogP contribution is 2.23. The second-order valence-electron chi connectivity index (χ2n) is 3.89. The van der Waals surface area contributed by atoms with Crippen molar-refractivity contribution in [1.29, 1.82) is 0 Å². The monoisotopic (exact) mass is 246 g/mol. The highest BCUT2D eigenvalue weighted by molar-refractivity contribution is 5.89. The molecule has 2 rings (SSSR count). The number of ether oxygens (including phenoxy) is 1. The normalized spacial score (nSPS) is 12.2. The van der Waals surface area contributed by atoms with Crippen LogP contribution in [0.4, 0.5) is 0 Å². The third-order valence-corrected chi connectivity index (χ3v) is 2.65. The Hall–Kier alpha value is -2.14. The topological polar surface area (TPSA) is 64.4 Å². The SMILES string of the molecule is COC(=O)c1ccc(-n2cccn2)c([C@@H](C)O)c1. The number of carbonyl (C=O) groups is 1. The Balaban J connectivity index is 2.52. The predicted octanol–water partition coefficient (Wildman–Crippen LogP) is 1.71. The number of benzene rings is 1. The van der Waals surface area contributed by atoms with Crippen LogP contribution in [-0.2, 0) is 4.74 Å². The van der Waals surface area contributed by atoms with Gasteiger partial charge in [-0.15, -0.1) is 0 Å². The molecule has 0 spiro atoms. The molecule has 0 saturated heterocycles. The number of nitrogens with zero attached hydrogens (tertiary/aromatic N) is 2. The molecular formula is C13H14N2O3. The van der Waals surface area contributed by atoms with Crippen molar-refractivity contribution < 1.29 is 14.6 Å². The van der Waals surface area contributed by atoms with E-state index >= 15 is 0 Å². The van der Waals surface area contributed by atoms with Crippen molar-refractivity contribution in [2.45, 2.75) is 13.0 Å². The first-order valence-electron chi connectivity index (χ1n) is 5.54. The van der Waals surface area contributed by atoms with E-state index in [1.807, 2.05) is 0 Å². The van der Waals surface area contributed by atoms with E-state index in [1.165, 1.54) is 7.11 Å². The van der Waals surface area contributed by atoms with Gasteiger partial charge in [0.2, 0.25) is 0 Å². The lowest BCUT2D eigenvalue weighted by Gasteiger charge is -2.13. The minimum absolute atomic E-state index is 0.407. The average molecular weight is 246 g/mol. The van der Waals surface area contributed by atoms with Crippen molar-refractivity contribution in [2.75, 3.05) is 7.11 Å². The van der Waals surface area contributed by atoms with Gasteiger partial charge in [0.1, 0.15) is 0 Å². The van der Waals surface area contributed by atoms with Gasteiger partial charge in [-0.25, -0.2) is 9.48 Å². The van der Waals surface area contributed by atoms with Crippen LogP contribution in [0.5, 0.6) is 0 Å². The number of methoxy groups -OCH3 is 1. The molecule has 5 heteroatoms. The number of esters is 1. The van der Waals surface area contributed by atoms with Crippen molar-refractivity contribution >= 4 is 5.97 Å². The summed E-state index contributed by atoms with van der Waals surface area (Å²) in [6, 6.07) is 6.80. The maximum absolute atomic E-state index is 11.5. The molecule has 1 N–H and O–H groups in total. The van der Waals surface area contributed by atoms with Gasteiger partial charge < -0.3 is 9.84 Å². The van der Waals surface area contributed by atoms with Crippen LogP contribution in [0.2, 0.25) is 0 Å². The first-order valence-corrected chi connectivity index (χ1v) is 5.54. The Labute approximate surface area is 105 Å². The molecule has 0 bridgehead atoms. The summed E-state index contributed by atoms with van der Waals surface area (Å²) in [4.78, 5) is 11.5. The van der Waals surface area contributed by atoms with E-state index in [1.54, 1.807) is 48.3 Å². The third-order valence-electron chi connectivity index (χ3n) is 2.65. The maximum Gasteiger partial charge on any atom is 0.337 e. The highest BCUT2D eigenvalue weighted by Gasteiger charge is 2.14. The first kappa shape index (κ1) is 12.3. The van der Waals surface area contributed by atoms with Crippen LogP contribution in [0.1, 0.15) is 28.9 Å². The van der Waals surface area contributed by atoms with Crippen LogP contribution in [-0.4, -0.2) is 28.0 Å². The van der Waals surface area contributed by atoms with E-state index in [0.29, 0.717) is 11.1 Å². The molecule has 2 aromatic rings. The molecule has 0 fully saturated rings. The van der Waals surface area contributed by atoms with Crippen molar-refractivity contribution in [3.8, 4) is 5.69 Å². The van der Waals surface area contributed by atoms with Gasteiger partial charge in [0, 0.05) is 18.0 Å². The Morgan fingerprint density at radius 3 is 2.83 bits per heavy atom. The van der Waals surface area contributed by atoms with Crippen LogP contribution in [0, 0.1) is 0 Å². The zero-order chi connectivity index (χ0) is 13.1. The fourth-order valence-electron chi connectivity index (χ4n) is 1.75. The number of aliphatic hydroxyl groups excluding tert-OH is 1. The van der Waals surface area contributed by atoms with Gasteiger partial charge in [0.15, 0.2) is 0 Å². The molecule has 0 aliphatic carbocycles. The summed E-state index contributed by atoms with van der Waals surface area (Å²) in [6.45, 7) is 1.64. The van der Waals surface area contributed by atoms with Crippen molar-refractivity contribution in [3.05, 3.63) is 47.8 Å². The first-order chi connectivity index (χ1) is 8.63. The Kier molecular flexibility index (Phi) is 3.43. The van der Waals surface area contributed by atoms with Crippen LogP contribution < -0.4 is 0 Å². The number of rotatable bonds is 3. The molecule has 0 saturated carbocycles. The average Bonchev–Trinajstić information content (AvgIpc) is 2.90. The second-order valence-corrected chi connectivity index (χ2v) is 3.89. The molecular weight excluding hydrogens is 232 g/mol. The molecule has 94 valence electrons. The summed E-state index contributed by atoms with van der Waals surface area (Å²) < 4.78 is 6.30. The second kappa shape index (κ2) is 5.01. The molecule has 5 nitrogen and oxygen atoms in total. The third kappa shape index (κ3) is 2.26. The fourth-order valence-corrected chi connectivity index (χ4v) is 1.75. The summed E-state index contributed by atoms with van der Waals surface area (Å²) >= 11 is 0. The van der Waals surface area contributed by atoms with E-state index in [4.69, 9.17) is 0 Å². The number of aliphatic hydroxyl groups is 1. The van der Waals surface area contributed by atoms with Crippen molar-refractivity contribution in [3.63, 3.8) is 0 Å². The molecule has 0 unspecified atom stereocenters. The van der Waals surface area contributed by atoms with Gasteiger partial charge in [-0.05, 0) is 31.2 Å². The number of hydrogen-bond donors (Lipinski definition) is 1. The van der Waals surface area contributed by atoms with Crippen LogP contribution in [0.15, 0.2) is 36.7 Å². The summed E-state index contributed by atoms with van der Waals surface area (Å²) in [5, 5.41) is 13.9. The van der Waals surface area contributed by atoms with Crippen LogP contribution in [0.25, 0.3) is 5.69 Å². The van der Waals surface area contributed by atoms with Crippen molar-refractivity contribution in [2.24, 2.45) is 0 Å². The van der Waals surface area contributed by atoms with E-state index < -0.39 is 12.1 Å². The minimum Gasteiger partial charge on any atom is -0.465 e. The van der Waals surface area contributed by atoms with E-state index in [-0.39, 0.29) is 0 Å². The molecule has 0 aliphatic heterocycles. The minimum atomic E-state index is -0.700. The smallest absolute Gasteiger partial charge is 0.337 e. The standard InChI is InChI=1S/C13H14N2O3/c1-9(16)11-8-10(13(17)18-2)4-5-12(11)15-7-3-6-14-15/h3-9,16H,1-2H3/t9-/m1/s1. The van der Waals surface area contributed by atoms with Gasteiger partial charge in [0.05, 0.1) is 24.5 Å². The highest BCUT2D eigenvalue weighted by atomic mass is 16.5. The zero-order valence-corrected chi connectivity index (χ0v) is 10.2. The lowest BCUT2D eigenvalue weighted by molar-refractivity contribution is 0.0600. The van der Waals surface area contributed by atoms with Crippen LogP contribution in [0.3, 0.4) is 0 Å². The molecule has 0 aliphatic rings. The number of hydrogen-bond acceptors (Lipinski definition) is 4. The zero-order valence-electron chi connectivity index (χ0n) is 10.2. The number of carbonyl (C=O) groups excluding carboxylic acids is 1. The molecule has 0 amide bonds. The molecule has 1 aromatic carbocycles. The fraction of sp³-hybridized carbons (Fsp3) is 0.231. The molecule has 1 aromatic heterocycles. The Bertz CT molecular complexity index is 547. The predicted molar refractivity (Wildman–Crippen MR) is 65.5 cm³/mol. The molecule has 1 atom stereocenters. The summed E-state index contributed by atoms with van der Waals surface area (Å²) in [5.41, 5.74) is 1.77. The van der Waals surface area contributed by atoms with Gasteiger partial charge in [-0.2, -0.15) is 5.10 Å². The maximum atomic E-state index is 11.5. The van der Waals surface area contributed by atoms with Gasteiger partial charge in [-0.1, -0.05) is 0 Å². The van der Waals surface area contributed by atoms with Gasteiger partial charge in [-0.3, -0.25) is 0 Å². The lowest BCUT2D eigenvalue weighted by atomic mass is 10.0. The Morgan fingerprint density at radius 2 is 2.28 bits per heavy atom. The summed E-state index contributed by atoms with van der Waals surface area (Å²) in [6.07, 6.45) is 2.73. The quantitative estimate of drug-likeness (QED) is 0.837. The largest absolute Gasteiger partial charge is 0.465 e. The van der Waals surface area contributed by atoms with E-state index in [2.05, 4.69) is 9.84 Å². The molecule has 0 radical (unpaired) electrons. The number of aromatic nitrogens is 2. The summed E-state index contributed by atoms with van der Waals surface area (Å²) in [7, 11) is 1.33. The van der Waals surface area contributed by atoms with Crippen LogP contribution >= 0.6 is 0 Å². The molecule has 1 heterocycles.